The molecule has 0 bridgehead atoms. The lowest BCUT2D eigenvalue weighted by Gasteiger charge is -2.26. The lowest BCUT2D eigenvalue weighted by atomic mass is 10.0. The molecule has 158 valence electrons. The standard InChI is InChI=1S/C21H28ClN3O3S/c1-14(2)24-29(27,28)16-11-10-15(3)18(12-16)21(26)23-13-20(25(4)5)17-8-6-7-9-19(17)22/h6-12,14,20,24H,13H2,1-5H3,(H,23,26)/t20-/m1/s1. The topological polar surface area (TPSA) is 78.5 Å². The van der Waals surface area contributed by atoms with Gasteiger partial charge in [0.05, 0.1) is 10.9 Å². The van der Waals surface area contributed by atoms with E-state index in [0.29, 0.717) is 22.7 Å². The van der Waals surface area contributed by atoms with Gasteiger partial charge in [-0.3, -0.25) is 4.79 Å². The summed E-state index contributed by atoms with van der Waals surface area (Å²) < 4.78 is 27.4. The molecule has 1 amide bonds. The minimum Gasteiger partial charge on any atom is -0.350 e. The first-order valence-electron chi connectivity index (χ1n) is 9.35. The molecule has 0 saturated heterocycles. The number of halogens is 1. The van der Waals surface area contributed by atoms with Crippen LogP contribution in [0.3, 0.4) is 0 Å². The fourth-order valence-corrected chi connectivity index (χ4v) is 4.53. The average Bonchev–Trinajstić information content (AvgIpc) is 2.62. The molecule has 2 aromatic rings. The maximum Gasteiger partial charge on any atom is 0.251 e. The number of carbonyl (C=O) groups is 1. The zero-order chi connectivity index (χ0) is 21.8. The number of aryl methyl sites for hydroxylation is 1. The van der Waals surface area contributed by atoms with Crippen molar-refractivity contribution in [1.82, 2.24) is 14.9 Å². The zero-order valence-corrected chi connectivity index (χ0v) is 18.9. The molecule has 0 spiro atoms. The number of benzene rings is 2. The third kappa shape index (κ3) is 6.02. The Hall–Kier alpha value is -1.93. The Morgan fingerprint density at radius 3 is 2.38 bits per heavy atom. The summed E-state index contributed by atoms with van der Waals surface area (Å²) in [7, 11) is 0.144. The van der Waals surface area contributed by atoms with Gasteiger partial charge in [0.2, 0.25) is 10.0 Å². The van der Waals surface area contributed by atoms with Crippen molar-refractivity contribution in [3.05, 3.63) is 64.2 Å². The number of likely N-dealkylation sites (N-methyl/N-ethyl adjacent to an activating group) is 1. The summed E-state index contributed by atoms with van der Waals surface area (Å²) in [6.07, 6.45) is 0. The number of sulfonamides is 1. The van der Waals surface area contributed by atoms with Crippen molar-refractivity contribution < 1.29 is 13.2 Å². The van der Waals surface area contributed by atoms with Gasteiger partial charge in [-0.15, -0.1) is 0 Å². The van der Waals surface area contributed by atoms with Gasteiger partial charge in [-0.2, -0.15) is 0 Å². The molecule has 2 aromatic carbocycles. The van der Waals surface area contributed by atoms with Crippen molar-refractivity contribution >= 4 is 27.5 Å². The largest absolute Gasteiger partial charge is 0.350 e. The van der Waals surface area contributed by atoms with E-state index in [0.717, 1.165) is 5.56 Å². The number of hydrogen-bond acceptors (Lipinski definition) is 4. The van der Waals surface area contributed by atoms with Crippen LogP contribution in [0.5, 0.6) is 0 Å². The number of amides is 1. The summed E-state index contributed by atoms with van der Waals surface area (Å²) in [4.78, 5) is 14.9. The molecule has 0 aromatic heterocycles. The summed E-state index contributed by atoms with van der Waals surface area (Å²) in [5.74, 6) is -0.331. The lowest BCUT2D eigenvalue weighted by Crippen LogP contribution is -2.35. The molecule has 0 aliphatic carbocycles. The van der Waals surface area contributed by atoms with Crippen molar-refractivity contribution in [3.63, 3.8) is 0 Å². The summed E-state index contributed by atoms with van der Waals surface area (Å²) in [6.45, 7) is 5.60. The van der Waals surface area contributed by atoms with Gasteiger partial charge < -0.3 is 10.2 Å². The Morgan fingerprint density at radius 1 is 1.14 bits per heavy atom. The van der Waals surface area contributed by atoms with E-state index in [1.165, 1.54) is 12.1 Å². The fraction of sp³-hybridized carbons (Fsp3) is 0.381. The van der Waals surface area contributed by atoms with Crippen LogP contribution in [0.15, 0.2) is 47.4 Å². The molecular weight excluding hydrogens is 410 g/mol. The maximum atomic E-state index is 12.8. The first-order valence-corrected chi connectivity index (χ1v) is 11.2. The first kappa shape index (κ1) is 23.3. The highest BCUT2D eigenvalue weighted by Gasteiger charge is 2.21. The van der Waals surface area contributed by atoms with Crippen LogP contribution in [0.2, 0.25) is 5.02 Å². The Labute approximate surface area is 178 Å². The van der Waals surface area contributed by atoms with Gasteiger partial charge >= 0.3 is 0 Å². The molecule has 0 saturated carbocycles. The quantitative estimate of drug-likeness (QED) is 0.663. The van der Waals surface area contributed by atoms with Crippen molar-refractivity contribution in [2.75, 3.05) is 20.6 Å². The molecule has 0 radical (unpaired) electrons. The van der Waals surface area contributed by atoms with Gasteiger partial charge in [-0.05, 0) is 64.2 Å². The number of hydrogen-bond donors (Lipinski definition) is 2. The predicted octanol–water partition coefficient (Wildman–Crippen LogP) is 3.37. The van der Waals surface area contributed by atoms with E-state index >= 15 is 0 Å². The SMILES string of the molecule is Cc1ccc(S(=O)(=O)NC(C)C)cc1C(=O)NC[C@H](c1ccccc1Cl)N(C)C. The van der Waals surface area contributed by atoms with E-state index < -0.39 is 10.0 Å². The summed E-state index contributed by atoms with van der Waals surface area (Å²) >= 11 is 6.32. The second-order valence-corrected chi connectivity index (χ2v) is 9.58. The minimum atomic E-state index is -3.68. The normalized spacial score (nSPS) is 13.0. The highest BCUT2D eigenvalue weighted by atomic mass is 35.5. The van der Waals surface area contributed by atoms with E-state index in [1.54, 1.807) is 26.8 Å². The monoisotopic (exact) mass is 437 g/mol. The van der Waals surface area contributed by atoms with E-state index in [-0.39, 0.29) is 22.9 Å². The first-order chi connectivity index (χ1) is 13.5. The fourth-order valence-electron chi connectivity index (χ4n) is 2.99. The van der Waals surface area contributed by atoms with Crippen LogP contribution >= 0.6 is 11.6 Å². The van der Waals surface area contributed by atoms with Gasteiger partial charge in [0, 0.05) is 23.2 Å². The highest BCUT2D eigenvalue weighted by Crippen LogP contribution is 2.25. The Morgan fingerprint density at radius 2 is 1.79 bits per heavy atom. The molecule has 0 aliphatic heterocycles. The van der Waals surface area contributed by atoms with Crippen molar-refractivity contribution in [2.45, 2.75) is 37.8 Å². The van der Waals surface area contributed by atoms with Crippen LogP contribution in [0.4, 0.5) is 0 Å². The molecule has 2 rings (SSSR count). The zero-order valence-electron chi connectivity index (χ0n) is 17.4. The molecule has 8 heteroatoms. The molecule has 2 N–H and O–H groups in total. The van der Waals surface area contributed by atoms with Gasteiger partial charge in [0.1, 0.15) is 0 Å². The molecule has 0 fully saturated rings. The van der Waals surface area contributed by atoms with Gasteiger partial charge in [-0.1, -0.05) is 35.9 Å². The molecule has 0 heterocycles. The highest BCUT2D eigenvalue weighted by molar-refractivity contribution is 7.89. The number of nitrogens with one attached hydrogen (secondary N) is 2. The average molecular weight is 438 g/mol. The van der Waals surface area contributed by atoms with Gasteiger partial charge in [-0.25, -0.2) is 13.1 Å². The molecule has 6 nitrogen and oxygen atoms in total. The minimum absolute atomic E-state index is 0.0669. The second-order valence-electron chi connectivity index (χ2n) is 7.46. The van der Waals surface area contributed by atoms with Crippen LogP contribution in [0.1, 0.15) is 41.4 Å². The van der Waals surface area contributed by atoms with E-state index in [4.69, 9.17) is 11.6 Å². The van der Waals surface area contributed by atoms with Gasteiger partial charge in [0.15, 0.2) is 0 Å². The molecule has 0 unspecified atom stereocenters. The van der Waals surface area contributed by atoms with Crippen LogP contribution in [0, 0.1) is 6.92 Å². The Balaban J connectivity index is 2.24. The number of rotatable bonds is 8. The predicted molar refractivity (Wildman–Crippen MR) is 117 cm³/mol. The molecule has 0 aliphatic rings. The maximum absolute atomic E-state index is 12.8. The van der Waals surface area contributed by atoms with Crippen LogP contribution in [-0.4, -0.2) is 45.9 Å². The number of carbonyl (C=O) groups excluding carboxylic acids is 1. The lowest BCUT2D eigenvalue weighted by molar-refractivity contribution is 0.0941. The summed E-state index contributed by atoms with van der Waals surface area (Å²) in [5.41, 5.74) is 1.94. The van der Waals surface area contributed by atoms with Crippen molar-refractivity contribution in [3.8, 4) is 0 Å². The van der Waals surface area contributed by atoms with E-state index in [1.807, 2.05) is 43.3 Å². The third-order valence-electron chi connectivity index (χ3n) is 4.50. The van der Waals surface area contributed by atoms with Gasteiger partial charge in [0.25, 0.3) is 5.91 Å². The second kappa shape index (κ2) is 9.71. The molecule has 29 heavy (non-hydrogen) atoms. The smallest absolute Gasteiger partial charge is 0.251 e. The van der Waals surface area contributed by atoms with E-state index in [2.05, 4.69) is 10.0 Å². The summed E-state index contributed by atoms with van der Waals surface area (Å²) in [6, 6.07) is 11.7. The molecular formula is C21H28ClN3O3S. The summed E-state index contributed by atoms with van der Waals surface area (Å²) in [5, 5.41) is 3.54. The van der Waals surface area contributed by atoms with E-state index in [9.17, 15) is 13.2 Å². The van der Waals surface area contributed by atoms with Crippen molar-refractivity contribution in [2.24, 2.45) is 0 Å². The number of nitrogens with zero attached hydrogens (tertiary/aromatic N) is 1. The van der Waals surface area contributed by atoms with Crippen LogP contribution in [0.25, 0.3) is 0 Å². The molecule has 1 atom stereocenters. The Bertz CT molecular complexity index is 975. The Kier molecular flexibility index (Phi) is 7.82. The third-order valence-corrected chi connectivity index (χ3v) is 6.50. The van der Waals surface area contributed by atoms with Crippen molar-refractivity contribution in [1.29, 1.82) is 0 Å². The van der Waals surface area contributed by atoms with Crippen LogP contribution in [-0.2, 0) is 10.0 Å². The van der Waals surface area contributed by atoms with Crippen LogP contribution < -0.4 is 10.0 Å².